The summed E-state index contributed by atoms with van der Waals surface area (Å²) in [5, 5.41) is 3.37. The summed E-state index contributed by atoms with van der Waals surface area (Å²) in [4.78, 5) is 14.6. The van der Waals surface area contributed by atoms with Crippen molar-refractivity contribution in [3.8, 4) is 0 Å². The number of amides is 1. The van der Waals surface area contributed by atoms with Gasteiger partial charge in [0.15, 0.2) is 0 Å². The van der Waals surface area contributed by atoms with Gasteiger partial charge in [-0.15, -0.1) is 0 Å². The summed E-state index contributed by atoms with van der Waals surface area (Å²) in [6, 6.07) is 6.03. The predicted molar refractivity (Wildman–Crippen MR) is 86.4 cm³/mol. The number of benzene rings is 1. The average Bonchev–Trinajstić information content (AvgIpc) is 2.45. The van der Waals surface area contributed by atoms with Gasteiger partial charge < -0.3 is 10.2 Å². The molecule has 1 amide bonds. The standard InChI is InChI=1S/C17H28N2O/c1-5-8-12-19(7-3)17(20)15-10-9-14(4)13-16(15)18-11-6-2/h9-10,13,18H,5-8,11-12H2,1-4H3. The van der Waals surface area contributed by atoms with Crippen molar-refractivity contribution in [2.75, 3.05) is 25.0 Å². The second-order valence-corrected chi connectivity index (χ2v) is 5.21. The highest BCUT2D eigenvalue weighted by Crippen LogP contribution is 2.20. The van der Waals surface area contributed by atoms with Gasteiger partial charge in [0.05, 0.1) is 5.56 Å². The molecule has 0 aliphatic rings. The molecule has 20 heavy (non-hydrogen) atoms. The van der Waals surface area contributed by atoms with Gasteiger partial charge in [-0.3, -0.25) is 4.79 Å². The maximum Gasteiger partial charge on any atom is 0.255 e. The van der Waals surface area contributed by atoms with E-state index in [-0.39, 0.29) is 5.91 Å². The Hall–Kier alpha value is -1.51. The molecular formula is C17H28N2O. The highest BCUT2D eigenvalue weighted by atomic mass is 16.2. The first kappa shape index (κ1) is 16.5. The van der Waals surface area contributed by atoms with Crippen LogP contribution in [-0.2, 0) is 0 Å². The molecule has 0 bridgehead atoms. The maximum absolute atomic E-state index is 12.7. The van der Waals surface area contributed by atoms with E-state index in [4.69, 9.17) is 0 Å². The van der Waals surface area contributed by atoms with Crippen LogP contribution in [-0.4, -0.2) is 30.4 Å². The molecule has 0 aliphatic heterocycles. The van der Waals surface area contributed by atoms with Crippen LogP contribution < -0.4 is 5.32 Å². The lowest BCUT2D eigenvalue weighted by molar-refractivity contribution is 0.0763. The Kier molecular flexibility index (Phi) is 7.13. The Morgan fingerprint density at radius 2 is 1.95 bits per heavy atom. The van der Waals surface area contributed by atoms with Crippen LogP contribution in [0.5, 0.6) is 0 Å². The number of aryl methyl sites for hydroxylation is 1. The number of carbonyl (C=O) groups is 1. The summed E-state index contributed by atoms with van der Waals surface area (Å²) in [6.07, 6.45) is 3.22. The Labute approximate surface area is 123 Å². The van der Waals surface area contributed by atoms with Crippen LogP contribution in [0.2, 0.25) is 0 Å². The van der Waals surface area contributed by atoms with Crippen LogP contribution in [0.4, 0.5) is 5.69 Å². The monoisotopic (exact) mass is 276 g/mol. The van der Waals surface area contributed by atoms with Crippen molar-refractivity contribution in [3.63, 3.8) is 0 Å². The van der Waals surface area contributed by atoms with Crippen molar-refractivity contribution in [2.45, 2.75) is 47.0 Å². The van der Waals surface area contributed by atoms with E-state index in [1.165, 1.54) is 5.56 Å². The Morgan fingerprint density at radius 3 is 2.55 bits per heavy atom. The number of hydrogen-bond acceptors (Lipinski definition) is 2. The quantitative estimate of drug-likeness (QED) is 0.776. The van der Waals surface area contributed by atoms with Gasteiger partial charge in [0.1, 0.15) is 0 Å². The molecule has 1 N–H and O–H groups in total. The number of carbonyl (C=O) groups excluding carboxylic acids is 1. The molecule has 0 saturated carbocycles. The van der Waals surface area contributed by atoms with E-state index < -0.39 is 0 Å². The molecule has 3 nitrogen and oxygen atoms in total. The summed E-state index contributed by atoms with van der Waals surface area (Å²) in [5.41, 5.74) is 2.94. The van der Waals surface area contributed by atoms with Gasteiger partial charge in [0.25, 0.3) is 5.91 Å². The smallest absolute Gasteiger partial charge is 0.255 e. The van der Waals surface area contributed by atoms with Crippen molar-refractivity contribution >= 4 is 11.6 Å². The number of anilines is 1. The maximum atomic E-state index is 12.7. The molecule has 0 heterocycles. The van der Waals surface area contributed by atoms with Gasteiger partial charge in [-0.25, -0.2) is 0 Å². The first-order valence-corrected chi connectivity index (χ1v) is 7.77. The number of rotatable bonds is 8. The molecular weight excluding hydrogens is 248 g/mol. The van der Waals surface area contributed by atoms with Gasteiger partial charge in [-0.05, 0) is 44.4 Å². The fraction of sp³-hybridized carbons (Fsp3) is 0.588. The fourth-order valence-corrected chi connectivity index (χ4v) is 2.17. The minimum atomic E-state index is 0.138. The SMILES string of the molecule is CCCCN(CC)C(=O)c1ccc(C)cc1NCCC. The summed E-state index contributed by atoms with van der Waals surface area (Å²) in [5.74, 6) is 0.138. The van der Waals surface area contributed by atoms with Crippen LogP contribution >= 0.6 is 0 Å². The topological polar surface area (TPSA) is 32.3 Å². The minimum absolute atomic E-state index is 0.138. The van der Waals surface area contributed by atoms with E-state index in [1.54, 1.807) is 0 Å². The summed E-state index contributed by atoms with van der Waals surface area (Å²) < 4.78 is 0. The lowest BCUT2D eigenvalue weighted by atomic mass is 10.1. The zero-order valence-corrected chi connectivity index (χ0v) is 13.3. The van der Waals surface area contributed by atoms with Crippen molar-refractivity contribution in [3.05, 3.63) is 29.3 Å². The lowest BCUT2D eigenvalue weighted by Gasteiger charge is -2.22. The second-order valence-electron chi connectivity index (χ2n) is 5.21. The molecule has 1 aromatic carbocycles. The van der Waals surface area contributed by atoms with E-state index >= 15 is 0 Å². The fourth-order valence-electron chi connectivity index (χ4n) is 2.17. The van der Waals surface area contributed by atoms with E-state index in [2.05, 4.69) is 32.2 Å². The second kappa shape index (κ2) is 8.62. The molecule has 0 radical (unpaired) electrons. The van der Waals surface area contributed by atoms with Gasteiger partial charge in [-0.1, -0.05) is 26.3 Å². The first-order valence-electron chi connectivity index (χ1n) is 7.77. The Balaban J connectivity index is 2.94. The van der Waals surface area contributed by atoms with Gasteiger partial charge >= 0.3 is 0 Å². The number of unbranched alkanes of at least 4 members (excludes halogenated alkanes) is 1. The molecule has 0 saturated heterocycles. The van der Waals surface area contributed by atoms with Crippen molar-refractivity contribution in [1.29, 1.82) is 0 Å². The molecule has 0 atom stereocenters. The van der Waals surface area contributed by atoms with Crippen LogP contribution in [0.3, 0.4) is 0 Å². The Morgan fingerprint density at radius 1 is 1.20 bits per heavy atom. The van der Waals surface area contributed by atoms with E-state index in [0.29, 0.717) is 0 Å². The predicted octanol–water partition coefficient (Wildman–Crippen LogP) is 4.08. The largest absolute Gasteiger partial charge is 0.384 e. The van der Waals surface area contributed by atoms with E-state index in [1.807, 2.05) is 24.0 Å². The molecule has 0 fully saturated rings. The zero-order valence-electron chi connectivity index (χ0n) is 13.3. The van der Waals surface area contributed by atoms with E-state index in [9.17, 15) is 4.79 Å². The normalized spacial score (nSPS) is 10.4. The third kappa shape index (κ3) is 4.55. The summed E-state index contributed by atoms with van der Waals surface area (Å²) >= 11 is 0. The van der Waals surface area contributed by atoms with Crippen LogP contribution in [0.25, 0.3) is 0 Å². The first-order chi connectivity index (χ1) is 9.63. The van der Waals surface area contributed by atoms with Gasteiger partial charge in [0.2, 0.25) is 0 Å². The molecule has 3 heteroatoms. The lowest BCUT2D eigenvalue weighted by Crippen LogP contribution is -2.32. The van der Waals surface area contributed by atoms with Crippen molar-refractivity contribution in [1.82, 2.24) is 4.90 Å². The molecule has 112 valence electrons. The third-order valence-electron chi connectivity index (χ3n) is 3.42. The number of hydrogen-bond donors (Lipinski definition) is 1. The van der Waals surface area contributed by atoms with Crippen molar-refractivity contribution < 1.29 is 4.79 Å². The third-order valence-corrected chi connectivity index (χ3v) is 3.42. The van der Waals surface area contributed by atoms with Crippen LogP contribution in [0.15, 0.2) is 18.2 Å². The molecule has 0 spiro atoms. The molecule has 0 aliphatic carbocycles. The molecule has 0 unspecified atom stereocenters. The average molecular weight is 276 g/mol. The number of nitrogens with one attached hydrogen (secondary N) is 1. The zero-order chi connectivity index (χ0) is 15.0. The number of nitrogens with zero attached hydrogens (tertiary/aromatic N) is 1. The van der Waals surface area contributed by atoms with Crippen LogP contribution in [0.1, 0.15) is 56.0 Å². The highest BCUT2D eigenvalue weighted by molar-refractivity contribution is 5.99. The van der Waals surface area contributed by atoms with Crippen molar-refractivity contribution in [2.24, 2.45) is 0 Å². The molecule has 1 rings (SSSR count). The minimum Gasteiger partial charge on any atom is -0.384 e. The highest BCUT2D eigenvalue weighted by Gasteiger charge is 2.17. The van der Waals surface area contributed by atoms with Crippen LogP contribution in [0, 0.1) is 6.92 Å². The van der Waals surface area contributed by atoms with Gasteiger partial charge in [-0.2, -0.15) is 0 Å². The summed E-state index contributed by atoms with van der Waals surface area (Å²) in [7, 11) is 0. The van der Waals surface area contributed by atoms with Gasteiger partial charge in [0, 0.05) is 25.3 Å². The molecule has 0 aromatic heterocycles. The molecule has 1 aromatic rings. The summed E-state index contributed by atoms with van der Waals surface area (Å²) in [6.45, 7) is 10.9. The Bertz CT molecular complexity index is 429. The van der Waals surface area contributed by atoms with E-state index in [0.717, 1.165) is 50.1 Å².